The average Bonchev–Trinajstić information content (AvgIpc) is 2.82. The van der Waals surface area contributed by atoms with Gasteiger partial charge in [-0.3, -0.25) is 14.4 Å². The van der Waals surface area contributed by atoms with Gasteiger partial charge in [0, 0.05) is 31.1 Å². The second-order valence-electron chi connectivity index (χ2n) is 9.56. The summed E-state index contributed by atoms with van der Waals surface area (Å²) in [5.41, 5.74) is -0.375. The van der Waals surface area contributed by atoms with Gasteiger partial charge >= 0.3 is 5.97 Å². The van der Waals surface area contributed by atoms with Crippen molar-refractivity contribution in [3.63, 3.8) is 0 Å². The molecule has 4 aliphatic rings. The standard InChI is InChI=1S/C21H30O4/c1-12(22)25-14-8-9-20(2)13(10-14)4-5-15-16-6-7-18(24)21(16,3)11-17(23)19(15)20/h13-16,19H,4-11H2,1-3H3/t13-,14-,15+,16+,19-,20-,21+/m0/s1. The Balaban J connectivity index is 1.60. The first-order valence-corrected chi connectivity index (χ1v) is 9.99. The Bertz CT molecular complexity index is 625. The van der Waals surface area contributed by atoms with Crippen LogP contribution in [0.3, 0.4) is 0 Å². The van der Waals surface area contributed by atoms with E-state index in [2.05, 4.69) is 6.92 Å². The predicted molar refractivity (Wildman–Crippen MR) is 92.7 cm³/mol. The average molecular weight is 346 g/mol. The van der Waals surface area contributed by atoms with Crippen LogP contribution >= 0.6 is 0 Å². The Kier molecular flexibility index (Phi) is 3.90. The van der Waals surface area contributed by atoms with Crippen LogP contribution in [-0.4, -0.2) is 23.6 Å². The van der Waals surface area contributed by atoms with Gasteiger partial charge in [0.15, 0.2) is 0 Å². The molecule has 0 aromatic carbocycles. The second kappa shape index (κ2) is 5.65. The monoisotopic (exact) mass is 346 g/mol. The number of ether oxygens (including phenoxy) is 1. The van der Waals surface area contributed by atoms with Crippen LogP contribution in [0.2, 0.25) is 0 Å². The second-order valence-corrected chi connectivity index (χ2v) is 9.56. The smallest absolute Gasteiger partial charge is 0.302 e. The van der Waals surface area contributed by atoms with Crippen molar-refractivity contribution in [3.8, 4) is 0 Å². The molecule has 0 saturated heterocycles. The summed E-state index contributed by atoms with van der Waals surface area (Å²) in [6.07, 6.45) is 6.97. The molecule has 0 aliphatic heterocycles. The molecule has 0 aromatic rings. The highest BCUT2D eigenvalue weighted by molar-refractivity contribution is 5.95. The van der Waals surface area contributed by atoms with E-state index in [1.165, 1.54) is 6.92 Å². The van der Waals surface area contributed by atoms with Crippen molar-refractivity contribution < 1.29 is 19.1 Å². The Morgan fingerprint density at radius 1 is 1.12 bits per heavy atom. The molecule has 0 amide bonds. The summed E-state index contributed by atoms with van der Waals surface area (Å²) in [5.74, 6) is 1.78. The normalized spacial score (nSPS) is 49.2. The lowest BCUT2D eigenvalue weighted by atomic mass is 9.45. The van der Waals surface area contributed by atoms with E-state index in [1.54, 1.807) is 0 Å². The minimum absolute atomic E-state index is 0.0175. The van der Waals surface area contributed by atoms with E-state index in [0.29, 0.717) is 42.2 Å². The molecule has 0 spiro atoms. The van der Waals surface area contributed by atoms with Gasteiger partial charge in [0.25, 0.3) is 0 Å². The maximum absolute atomic E-state index is 13.2. The zero-order valence-electron chi connectivity index (χ0n) is 15.7. The maximum Gasteiger partial charge on any atom is 0.302 e. The molecule has 138 valence electrons. The van der Waals surface area contributed by atoms with Gasteiger partial charge in [-0.05, 0) is 61.7 Å². The molecule has 7 atom stereocenters. The highest BCUT2D eigenvalue weighted by atomic mass is 16.5. The van der Waals surface area contributed by atoms with E-state index >= 15 is 0 Å². The number of ketones is 2. The van der Waals surface area contributed by atoms with Crippen LogP contribution in [0.5, 0.6) is 0 Å². The summed E-state index contributed by atoms with van der Waals surface area (Å²) >= 11 is 0. The van der Waals surface area contributed by atoms with Crippen molar-refractivity contribution in [2.45, 2.75) is 78.2 Å². The molecule has 0 N–H and O–H groups in total. The van der Waals surface area contributed by atoms with Gasteiger partial charge in [0.2, 0.25) is 0 Å². The molecule has 4 fully saturated rings. The number of hydrogen-bond donors (Lipinski definition) is 0. The molecule has 25 heavy (non-hydrogen) atoms. The van der Waals surface area contributed by atoms with Crippen LogP contribution in [0, 0.1) is 34.5 Å². The van der Waals surface area contributed by atoms with Gasteiger partial charge < -0.3 is 4.74 Å². The molecule has 4 aliphatic carbocycles. The van der Waals surface area contributed by atoms with Crippen LogP contribution in [0.15, 0.2) is 0 Å². The zero-order chi connectivity index (χ0) is 18.0. The van der Waals surface area contributed by atoms with Gasteiger partial charge in [-0.2, -0.15) is 0 Å². The molecule has 4 nitrogen and oxygen atoms in total. The molecule has 0 aromatic heterocycles. The van der Waals surface area contributed by atoms with Crippen molar-refractivity contribution >= 4 is 17.5 Å². The van der Waals surface area contributed by atoms with Crippen molar-refractivity contribution in [2.75, 3.05) is 0 Å². The summed E-state index contributed by atoms with van der Waals surface area (Å²) in [4.78, 5) is 37.0. The predicted octanol–water partition coefficient (Wildman–Crippen LogP) is 3.71. The summed E-state index contributed by atoms with van der Waals surface area (Å²) in [7, 11) is 0. The number of Topliss-reactive ketones (excluding diaryl/α,β-unsaturated/α-hetero) is 2. The Morgan fingerprint density at radius 3 is 2.60 bits per heavy atom. The lowest BCUT2D eigenvalue weighted by molar-refractivity contribution is -0.168. The molecular formula is C21H30O4. The number of hydrogen-bond acceptors (Lipinski definition) is 4. The fourth-order valence-corrected chi connectivity index (χ4v) is 7.15. The van der Waals surface area contributed by atoms with E-state index < -0.39 is 5.41 Å². The van der Waals surface area contributed by atoms with Gasteiger partial charge in [-0.15, -0.1) is 0 Å². The topological polar surface area (TPSA) is 60.4 Å². The zero-order valence-corrected chi connectivity index (χ0v) is 15.7. The number of rotatable bonds is 1. The van der Waals surface area contributed by atoms with Crippen LogP contribution < -0.4 is 0 Å². The van der Waals surface area contributed by atoms with E-state index in [0.717, 1.165) is 38.5 Å². The first-order valence-electron chi connectivity index (χ1n) is 9.99. The van der Waals surface area contributed by atoms with Gasteiger partial charge in [0.05, 0.1) is 0 Å². The van der Waals surface area contributed by atoms with Crippen LogP contribution in [0.25, 0.3) is 0 Å². The highest BCUT2D eigenvalue weighted by Crippen LogP contribution is 2.64. The molecule has 0 heterocycles. The fourth-order valence-electron chi connectivity index (χ4n) is 7.15. The summed E-state index contributed by atoms with van der Waals surface area (Å²) in [6.45, 7) is 5.83. The molecule has 4 saturated carbocycles. The fraction of sp³-hybridized carbons (Fsp3) is 0.857. The third-order valence-electron chi connectivity index (χ3n) is 8.35. The minimum atomic E-state index is -0.392. The molecule has 0 radical (unpaired) electrons. The van der Waals surface area contributed by atoms with E-state index in [-0.39, 0.29) is 23.4 Å². The van der Waals surface area contributed by atoms with Gasteiger partial charge in [0.1, 0.15) is 17.7 Å². The van der Waals surface area contributed by atoms with Crippen molar-refractivity contribution in [1.82, 2.24) is 0 Å². The summed E-state index contributed by atoms with van der Waals surface area (Å²) in [5, 5.41) is 0. The maximum atomic E-state index is 13.2. The van der Waals surface area contributed by atoms with Gasteiger partial charge in [-0.25, -0.2) is 0 Å². The van der Waals surface area contributed by atoms with Crippen molar-refractivity contribution in [2.24, 2.45) is 34.5 Å². The third-order valence-corrected chi connectivity index (χ3v) is 8.35. The number of esters is 1. The number of carbonyl (C=O) groups excluding carboxylic acids is 3. The highest BCUT2D eigenvalue weighted by Gasteiger charge is 2.63. The SMILES string of the molecule is CC(=O)O[C@H]1CC[C@@]2(C)[C@@H](CC[C@H]3[C@H]2C(=O)C[C@@]2(C)C(=O)CC[C@H]32)C1. The van der Waals surface area contributed by atoms with Crippen LogP contribution in [0.1, 0.15) is 72.1 Å². The lowest BCUT2D eigenvalue weighted by Crippen LogP contribution is -2.57. The Morgan fingerprint density at radius 2 is 1.88 bits per heavy atom. The Hall–Kier alpha value is -1.19. The van der Waals surface area contributed by atoms with E-state index in [9.17, 15) is 14.4 Å². The van der Waals surface area contributed by atoms with Crippen LogP contribution in [-0.2, 0) is 19.1 Å². The first kappa shape index (κ1) is 17.2. The van der Waals surface area contributed by atoms with E-state index in [4.69, 9.17) is 4.74 Å². The number of fused-ring (bicyclic) bond motifs is 5. The van der Waals surface area contributed by atoms with Gasteiger partial charge in [-0.1, -0.05) is 13.8 Å². The Labute approximate surface area is 150 Å². The molecule has 4 rings (SSSR count). The quantitative estimate of drug-likeness (QED) is 0.679. The molecular weight excluding hydrogens is 316 g/mol. The molecule has 0 unspecified atom stereocenters. The number of carbonyl (C=O) groups is 3. The molecule has 4 heteroatoms. The third kappa shape index (κ3) is 2.43. The lowest BCUT2D eigenvalue weighted by Gasteiger charge is -2.59. The summed E-state index contributed by atoms with van der Waals surface area (Å²) < 4.78 is 5.48. The van der Waals surface area contributed by atoms with E-state index in [1.807, 2.05) is 6.92 Å². The van der Waals surface area contributed by atoms with Crippen LogP contribution in [0.4, 0.5) is 0 Å². The first-order chi connectivity index (χ1) is 11.8. The van der Waals surface area contributed by atoms with Crippen molar-refractivity contribution in [3.05, 3.63) is 0 Å². The largest absolute Gasteiger partial charge is 0.463 e. The minimum Gasteiger partial charge on any atom is -0.463 e. The summed E-state index contributed by atoms with van der Waals surface area (Å²) in [6, 6.07) is 0. The van der Waals surface area contributed by atoms with Crippen molar-refractivity contribution in [1.29, 1.82) is 0 Å². The molecule has 0 bridgehead atoms.